The zero-order valence-corrected chi connectivity index (χ0v) is 17.2. The van der Waals surface area contributed by atoms with Gasteiger partial charge >= 0.3 is 0 Å². The van der Waals surface area contributed by atoms with Crippen molar-refractivity contribution in [2.45, 2.75) is 0 Å². The average molecular weight is 438 g/mol. The summed E-state index contributed by atoms with van der Waals surface area (Å²) in [6, 6.07) is 16.6. The van der Waals surface area contributed by atoms with Gasteiger partial charge in [0.25, 0.3) is 11.6 Å². The molecule has 1 aliphatic rings. The number of carbonyl (C=O) groups is 1. The van der Waals surface area contributed by atoms with Crippen LogP contribution in [-0.4, -0.2) is 22.3 Å². The van der Waals surface area contributed by atoms with E-state index in [2.05, 4.69) is 0 Å². The van der Waals surface area contributed by atoms with E-state index in [1.54, 1.807) is 61.7 Å². The van der Waals surface area contributed by atoms with Crippen molar-refractivity contribution < 1.29 is 18.9 Å². The molecule has 0 N–H and O–H groups in total. The molecule has 0 aliphatic carbocycles. The second-order valence-electron chi connectivity index (χ2n) is 6.22. The van der Waals surface area contributed by atoms with E-state index in [0.29, 0.717) is 37.7 Å². The van der Waals surface area contributed by atoms with Crippen LogP contribution in [0, 0.1) is 10.1 Å². The number of ether oxygens (including phenoxy) is 1. The molecule has 0 atom stereocenters. The predicted octanol–water partition coefficient (Wildman–Crippen LogP) is 5.27. The van der Waals surface area contributed by atoms with E-state index in [-0.39, 0.29) is 11.6 Å². The van der Waals surface area contributed by atoms with Crippen LogP contribution in [0.15, 0.2) is 70.0 Å². The number of non-ortho nitro benzene ring substituents is 1. The number of amides is 1. The molecule has 9 heteroatoms. The van der Waals surface area contributed by atoms with Crippen molar-refractivity contribution in [3.05, 3.63) is 81.4 Å². The zero-order chi connectivity index (χ0) is 21.3. The first-order valence-electron chi connectivity index (χ1n) is 8.73. The van der Waals surface area contributed by atoms with E-state index in [1.807, 2.05) is 0 Å². The third-order valence-electron chi connectivity index (χ3n) is 4.39. The molecule has 4 rings (SSSR count). The lowest BCUT2D eigenvalue weighted by Crippen LogP contribution is -2.27. The fourth-order valence-electron chi connectivity index (χ4n) is 2.88. The molecule has 1 amide bonds. The first-order valence-corrected chi connectivity index (χ1v) is 9.95. The van der Waals surface area contributed by atoms with Crippen LogP contribution in [0.4, 0.5) is 11.4 Å². The minimum atomic E-state index is -0.456. The third-order valence-corrected chi connectivity index (χ3v) is 5.69. The molecule has 150 valence electrons. The lowest BCUT2D eigenvalue weighted by Gasteiger charge is -2.14. The van der Waals surface area contributed by atoms with Gasteiger partial charge in [-0.2, -0.15) is 0 Å². The van der Waals surface area contributed by atoms with Crippen LogP contribution in [0.1, 0.15) is 5.76 Å². The minimum absolute atomic E-state index is 0.00716. The van der Waals surface area contributed by atoms with E-state index in [4.69, 9.17) is 21.4 Å². The van der Waals surface area contributed by atoms with Crippen molar-refractivity contribution in [3.63, 3.8) is 0 Å². The normalized spacial score (nSPS) is 15.1. The van der Waals surface area contributed by atoms with Gasteiger partial charge in [-0.05, 0) is 48.5 Å². The highest BCUT2D eigenvalue weighted by Crippen LogP contribution is 2.37. The average Bonchev–Trinajstić information content (AvgIpc) is 3.33. The number of hydrogen-bond acceptors (Lipinski definition) is 7. The van der Waals surface area contributed by atoms with E-state index in [0.717, 1.165) is 0 Å². The number of hydrogen-bond donors (Lipinski definition) is 0. The molecule has 30 heavy (non-hydrogen) atoms. The molecule has 1 saturated heterocycles. The second-order valence-corrected chi connectivity index (χ2v) is 7.90. The van der Waals surface area contributed by atoms with Gasteiger partial charge in [0.15, 0.2) is 4.32 Å². The quantitative estimate of drug-likeness (QED) is 0.232. The first kappa shape index (κ1) is 19.9. The molecule has 1 fully saturated rings. The number of benzene rings is 2. The maximum absolute atomic E-state index is 12.9. The van der Waals surface area contributed by atoms with Crippen LogP contribution in [0.5, 0.6) is 5.75 Å². The Kier molecular flexibility index (Phi) is 5.39. The van der Waals surface area contributed by atoms with Crippen LogP contribution in [-0.2, 0) is 4.79 Å². The number of nitrogens with zero attached hydrogens (tertiary/aromatic N) is 2. The molecule has 0 bridgehead atoms. The number of rotatable bonds is 5. The van der Waals surface area contributed by atoms with Gasteiger partial charge in [0.2, 0.25) is 0 Å². The maximum Gasteiger partial charge on any atom is 0.270 e. The summed E-state index contributed by atoms with van der Waals surface area (Å²) >= 11 is 6.57. The number of anilines is 1. The van der Waals surface area contributed by atoms with E-state index in [1.165, 1.54) is 28.8 Å². The third kappa shape index (κ3) is 3.85. The summed E-state index contributed by atoms with van der Waals surface area (Å²) in [5.74, 6) is 1.48. The first-order chi connectivity index (χ1) is 14.5. The van der Waals surface area contributed by atoms with Gasteiger partial charge in [0.05, 0.1) is 22.6 Å². The Morgan fingerprint density at radius 3 is 2.43 bits per heavy atom. The Bertz CT molecular complexity index is 1170. The standard InChI is InChI=1S/C21H14N2O5S2/c1-27-16-8-6-14(7-9-16)22-20(24)19(30-21(22)29)12-17-10-11-18(28-17)13-2-4-15(5-3-13)23(25)26/h2-12H,1H3/b19-12-. The van der Waals surface area contributed by atoms with Crippen LogP contribution < -0.4 is 9.64 Å². The van der Waals surface area contributed by atoms with E-state index >= 15 is 0 Å². The molecule has 0 saturated carbocycles. The van der Waals surface area contributed by atoms with Gasteiger partial charge in [-0.1, -0.05) is 24.0 Å². The van der Waals surface area contributed by atoms with Crippen LogP contribution in [0.2, 0.25) is 0 Å². The molecule has 2 aromatic carbocycles. The highest BCUT2D eigenvalue weighted by Gasteiger charge is 2.33. The SMILES string of the molecule is COc1ccc(N2C(=O)/C(=C/c3ccc(-c4ccc([N+](=O)[O-])cc4)o3)SC2=S)cc1. The molecule has 0 radical (unpaired) electrons. The summed E-state index contributed by atoms with van der Waals surface area (Å²) in [5.41, 5.74) is 1.37. The number of nitro groups is 1. The summed E-state index contributed by atoms with van der Waals surface area (Å²) in [6.07, 6.45) is 1.64. The van der Waals surface area contributed by atoms with Gasteiger partial charge in [0.1, 0.15) is 17.3 Å². The second kappa shape index (κ2) is 8.13. The Labute approximate surface area is 181 Å². The van der Waals surface area contributed by atoms with Gasteiger partial charge in [0, 0.05) is 23.8 Å². The van der Waals surface area contributed by atoms with Gasteiger partial charge in [-0.15, -0.1) is 0 Å². The van der Waals surface area contributed by atoms with Crippen LogP contribution in [0.3, 0.4) is 0 Å². The largest absolute Gasteiger partial charge is 0.497 e. The zero-order valence-electron chi connectivity index (χ0n) is 15.6. The molecule has 1 aliphatic heterocycles. The highest BCUT2D eigenvalue weighted by atomic mass is 32.2. The topological polar surface area (TPSA) is 85.8 Å². The fourth-order valence-corrected chi connectivity index (χ4v) is 4.16. The molecule has 0 unspecified atom stereocenters. The fraction of sp³-hybridized carbons (Fsp3) is 0.0476. The predicted molar refractivity (Wildman–Crippen MR) is 119 cm³/mol. The van der Waals surface area contributed by atoms with Crippen molar-refractivity contribution in [2.24, 2.45) is 0 Å². The molecular weight excluding hydrogens is 424 g/mol. The number of carbonyl (C=O) groups excluding carboxylic acids is 1. The minimum Gasteiger partial charge on any atom is -0.497 e. The van der Waals surface area contributed by atoms with Gasteiger partial charge < -0.3 is 9.15 Å². The van der Waals surface area contributed by atoms with Crippen molar-refractivity contribution in [1.29, 1.82) is 0 Å². The molecule has 7 nitrogen and oxygen atoms in total. The summed E-state index contributed by atoms with van der Waals surface area (Å²) < 4.78 is 11.4. The Morgan fingerprint density at radius 1 is 1.10 bits per heavy atom. The lowest BCUT2D eigenvalue weighted by atomic mass is 10.1. The van der Waals surface area contributed by atoms with E-state index < -0.39 is 4.92 Å². The Hall–Kier alpha value is -3.43. The maximum atomic E-state index is 12.9. The molecule has 0 spiro atoms. The Balaban J connectivity index is 1.56. The summed E-state index contributed by atoms with van der Waals surface area (Å²) in [7, 11) is 1.58. The number of furan rings is 1. The lowest BCUT2D eigenvalue weighted by molar-refractivity contribution is -0.384. The molecule has 3 aromatic rings. The van der Waals surface area contributed by atoms with Gasteiger partial charge in [-0.25, -0.2) is 0 Å². The summed E-state index contributed by atoms with van der Waals surface area (Å²) in [6.45, 7) is 0. The smallest absolute Gasteiger partial charge is 0.270 e. The Morgan fingerprint density at radius 2 is 1.80 bits per heavy atom. The van der Waals surface area contributed by atoms with Crippen molar-refractivity contribution >= 4 is 51.7 Å². The molecular formula is C21H14N2O5S2. The van der Waals surface area contributed by atoms with Crippen molar-refractivity contribution in [3.8, 4) is 17.1 Å². The van der Waals surface area contributed by atoms with Crippen molar-refractivity contribution in [1.82, 2.24) is 0 Å². The van der Waals surface area contributed by atoms with Crippen LogP contribution in [0.25, 0.3) is 17.4 Å². The number of thiocarbonyl (C=S) groups is 1. The molecule has 2 heterocycles. The number of methoxy groups -OCH3 is 1. The number of nitro benzene ring substituents is 1. The monoisotopic (exact) mass is 438 g/mol. The molecule has 1 aromatic heterocycles. The highest BCUT2D eigenvalue weighted by molar-refractivity contribution is 8.27. The van der Waals surface area contributed by atoms with Crippen molar-refractivity contribution in [2.75, 3.05) is 12.0 Å². The van der Waals surface area contributed by atoms with E-state index in [9.17, 15) is 14.9 Å². The van der Waals surface area contributed by atoms with Crippen LogP contribution >= 0.6 is 24.0 Å². The summed E-state index contributed by atoms with van der Waals surface area (Å²) in [5, 5.41) is 10.8. The van der Waals surface area contributed by atoms with Gasteiger partial charge in [-0.3, -0.25) is 19.8 Å². The number of thioether (sulfide) groups is 1. The summed E-state index contributed by atoms with van der Waals surface area (Å²) in [4.78, 5) is 25.1.